The molecule has 0 fully saturated rings. The highest BCUT2D eigenvalue weighted by Crippen LogP contribution is 2.46. The van der Waals surface area contributed by atoms with Crippen LogP contribution in [-0.2, 0) is 0 Å². The van der Waals surface area contributed by atoms with Gasteiger partial charge in [0.2, 0.25) is 0 Å². The van der Waals surface area contributed by atoms with Crippen LogP contribution in [0.4, 0.5) is 17.1 Å². The van der Waals surface area contributed by atoms with Crippen molar-refractivity contribution >= 4 is 60.8 Å². The van der Waals surface area contributed by atoms with Gasteiger partial charge in [0, 0.05) is 49.7 Å². The minimum Gasteiger partial charge on any atom is -0.455 e. The molecule has 0 bridgehead atoms. The fourth-order valence-corrected chi connectivity index (χ4v) is 10.3. The molecule has 0 saturated heterocycles. The third-order valence-corrected chi connectivity index (χ3v) is 13.7. The lowest BCUT2D eigenvalue weighted by Gasteiger charge is -2.27. The Morgan fingerprint density at radius 2 is 0.710 bits per heavy atom. The molecule has 3 heteroatoms. The zero-order chi connectivity index (χ0) is 45.7. The minimum absolute atomic E-state index is 0.868. The summed E-state index contributed by atoms with van der Waals surface area (Å²) in [6.45, 7) is 0. The maximum absolute atomic E-state index is 6.84. The van der Waals surface area contributed by atoms with Crippen molar-refractivity contribution in [1.82, 2.24) is 4.57 Å². The molecule has 0 atom stereocenters. The smallest absolute Gasteiger partial charge is 0.143 e. The van der Waals surface area contributed by atoms with Gasteiger partial charge in [-0.3, -0.25) is 0 Å². The summed E-state index contributed by atoms with van der Waals surface area (Å²) < 4.78 is 9.27. The second kappa shape index (κ2) is 16.9. The second-order valence-electron chi connectivity index (χ2n) is 17.6. The van der Waals surface area contributed by atoms with Crippen molar-refractivity contribution in [3.63, 3.8) is 0 Å². The topological polar surface area (TPSA) is 21.3 Å². The van der Waals surface area contributed by atoms with Crippen LogP contribution in [0, 0.1) is 0 Å². The van der Waals surface area contributed by atoms with Crippen LogP contribution in [-0.4, -0.2) is 4.57 Å². The summed E-state index contributed by atoms with van der Waals surface area (Å²) >= 11 is 0. The van der Waals surface area contributed by atoms with E-state index in [0.29, 0.717) is 0 Å². The number of benzene rings is 11. The number of rotatable bonds is 9. The van der Waals surface area contributed by atoms with Crippen LogP contribution in [0.15, 0.2) is 271 Å². The quantitative estimate of drug-likeness (QED) is 0.144. The van der Waals surface area contributed by atoms with E-state index in [2.05, 4.69) is 270 Å². The number of nitrogens with zero attached hydrogens (tertiary/aromatic N) is 2. The van der Waals surface area contributed by atoms with E-state index < -0.39 is 0 Å². The SMILES string of the molecule is c1ccc(-c2ccc(-c3ccc(N(c4ccc(-c5ccccc5)cc4)c4ccc(-c5ccccc5-n5c6ccccc6c6ccccc65)c(-c5cccc6c5oc5ccccc56)c4)cc3)cc2)cc1. The molecule has 0 aliphatic rings. The minimum atomic E-state index is 0.868. The Morgan fingerprint density at radius 3 is 1.30 bits per heavy atom. The average molecular weight is 881 g/mol. The molecule has 0 amide bonds. The van der Waals surface area contributed by atoms with E-state index in [9.17, 15) is 0 Å². The molecule has 0 aliphatic carbocycles. The van der Waals surface area contributed by atoms with Crippen molar-refractivity contribution in [3.8, 4) is 61.3 Å². The number of hydrogen-bond acceptors (Lipinski definition) is 2. The van der Waals surface area contributed by atoms with Gasteiger partial charge in [0.25, 0.3) is 0 Å². The number of fused-ring (bicyclic) bond motifs is 6. The second-order valence-corrected chi connectivity index (χ2v) is 17.6. The first kappa shape index (κ1) is 40.1. The van der Waals surface area contributed by atoms with Crippen LogP contribution >= 0.6 is 0 Å². The van der Waals surface area contributed by atoms with Gasteiger partial charge in [-0.05, 0) is 105 Å². The number of aromatic nitrogens is 1. The summed E-state index contributed by atoms with van der Waals surface area (Å²) in [6, 6.07) is 96.1. The zero-order valence-corrected chi connectivity index (χ0v) is 37.7. The Balaban J connectivity index is 1.01. The first-order valence-electron chi connectivity index (χ1n) is 23.6. The summed E-state index contributed by atoms with van der Waals surface area (Å²) in [5.74, 6) is 0. The molecule has 0 radical (unpaired) electrons. The Morgan fingerprint density at radius 1 is 0.275 bits per heavy atom. The molecule has 3 nitrogen and oxygen atoms in total. The number of furan rings is 1. The van der Waals surface area contributed by atoms with Gasteiger partial charge in [-0.15, -0.1) is 0 Å². The van der Waals surface area contributed by atoms with Gasteiger partial charge >= 0.3 is 0 Å². The molecule has 2 heterocycles. The molecular weight excluding hydrogens is 837 g/mol. The van der Waals surface area contributed by atoms with E-state index in [1.54, 1.807) is 0 Å². The van der Waals surface area contributed by atoms with Gasteiger partial charge in [-0.2, -0.15) is 0 Å². The summed E-state index contributed by atoms with van der Waals surface area (Å²) in [5.41, 5.74) is 19.8. The monoisotopic (exact) mass is 880 g/mol. The fourth-order valence-electron chi connectivity index (χ4n) is 10.3. The van der Waals surface area contributed by atoms with Crippen molar-refractivity contribution in [2.24, 2.45) is 0 Å². The summed E-state index contributed by atoms with van der Waals surface area (Å²) in [4.78, 5) is 2.38. The molecule has 69 heavy (non-hydrogen) atoms. The van der Waals surface area contributed by atoms with Gasteiger partial charge in [0.05, 0.1) is 16.7 Å². The van der Waals surface area contributed by atoms with Gasteiger partial charge in [-0.25, -0.2) is 0 Å². The maximum Gasteiger partial charge on any atom is 0.143 e. The van der Waals surface area contributed by atoms with Gasteiger partial charge in [0.15, 0.2) is 0 Å². The number of para-hydroxylation sites is 5. The molecule has 0 spiro atoms. The predicted molar refractivity (Wildman–Crippen MR) is 290 cm³/mol. The fraction of sp³-hybridized carbons (Fsp3) is 0. The Labute approximate surface area is 401 Å². The van der Waals surface area contributed by atoms with E-state index in [-0.39, 0.29) is 0 Å². The van der Waals surface area contributed by atoms with E-state index in [4.69, 9.17) is 4.42 Å². The molecule has 0 N–H and O–H groups in total. The van der Waals surface area contributed by atoms with Crippen LogP contribution < -0.4 is 4.90 Å². The number of hydrogen-bond donors (Lipinski definition) is 0. The van der Waals surface area contributed by atoms with Gasteiger partial charge < -0.3 is 13.9 Å². The van der Waals surface area contributed by atoms with Crippen LogP contribution in [0.1, 0.15) is 0 Å². The Kier molecular flexibility index (Phi) is 9.84. The third-order valence-electron chi connectivity index (χ3n) is 13.7. The standard InChI is InChI=1S/C66H44N2O/c1-3-16-45(17-4-1)47-30-32-48(33-31-47)50-36-40-52(41-37-50)67(51-38-34-49(35-39-51)46-18-5-2-6-19-46)53-42-43-54(61(44-53)60-25-15-24-59-58-23-10-14-29-65(58)69-66(59)60)55-20-7-11-26-62(55)68-63-27-12-8-21-56(63)57-22-9-13-28-64(57)68/h1-44H. The van der Waals surface area contributed by atoms with Crippen LogP contribution in [0.2, 0.25) is 0 Å². The van der Waals surface area contributed by atoms with Crippen molar-refractivity contribution < 1.29 is 4.42 Å². The Bertz CT molecular complexity index is 3930. The van der Waals surface area contributed by atoms with Crippen molar-refractivity contribution in [1.29, 1.82) is 0 Å². The highest BCUT2D eigenvalue weighted by Gasteiger charge is 2.23. The molecular formula is C66H44N2O. The molecule has 2 aromatic heterocycles. The van der Waals surface area contributed by atoms with E-state index in [1.807, 2.05) is 6.07 Å². The largest absolute Gasteiger partial charge is 0.455 e. The molecule has 0 saturated carbocycles. The molecule has 13 rings (SSSR count). The highest BCUT2D eigenvalue weighted by molar-refractivity contribution is 6.12. The van der Waals surface area contributed by atoms with Crippen molar-refractivity contribution in [3.05, 3.63) is 267 Å². The molecule has 0 aliphatic heterocycles. The van der Waals surface area contributed by atoms with E-state index in [1.165, 1.54) is 49.6 Å². The lowest BCUT2D eigenvalue weighted by atomic mass is 9.91. The molecule has 11 aromatic carbocycles. The molecule has 0 unspecified atom stereocenters. The zero-order valence-electron chi connectivity index (χ0n) is 37.7. The van der Waals surface area contributed by atoms with Crippen LogP contribution in [0.25, 0.3) is 105 Å². The average Bonchev–Trinajstić information content (AvgIpc) is 3.98. The summed E-state index contributed by atoms with van der Waals surface area (Å²) in [7, 11) is 0. The summed E-state index contributed by atoms with van der Waals surface area (Å²) in [5, 5.41) is 4.66. The lowest BCUT2D eigenvalue weighted by molar-refractivity contribution is 0.670. The first-order valence-corrected chi connectivity index (χ1v) is 23.6. The van der Waals surface area contributed by atoms with Crippen molar-refractivity contribution in [2.45, 2.75) is 0 Å². The van der Waals surface area contributed by atoms with Gasteiger partial charge in [0.1, 0.15) is 11.2 Å². The third kappa shape index (κ3) is 7.08. The predicted octanol–water partition coefficient (Wildman–Crippen LogP) is 18.5. The van der Waals surface area contributed by atoms with Crippen molar-refractivity contribution in [2.75, 3.05) is 4.90 Å². The lowest BCUT2D eigenvalue weighted by Crippen LogP contribution is -2.10. The number of anilines is 3. The maximum atomic E-state index is 6.84. The van der Waals surface area contributed by atoms with E-state index in [0.717, 1.165) is 72.5 Å². The van der Waals surface area contributed by atoms with Crippen LogP contribution in [0.3, 0.4) is 0 Å². The highest BCUT2D eigenvalue weighted by atomic mass is 16.3. The first-order chi connectivity index (χ1) is 34.2. The van der Waals surface area contributed by atoms with E-state index >= 15 is 0 Å². The normalized spacial score (nSPS) is 11.5. The molecule has 13 aromatic rings. The van der Waals surface area contributed by atoms with Crippen LogP contribution in [0.5, 0.6) is 0 Å². The molecule has 324 valence electrons. The Hall–Kier alpha value is -9.18. The summed E-state index contributed by atoms with van der Waals surface area (Å²) in [6.07, 6.45) is 0. The van der Waals surface area contributed by atoms with Gasteiger partial charge in [-0.1, -0.05) is 206 Å².